The Labute approximate surface area is 200 Å². The third-order valence-electron chi connectivity index (χ3n) is 6.71. The minimum absolute atomic E-state index is 0.0593. The van der Waals surface area contributed by atoms with Crippen molar-refractivity contribution in [3.8, 4) is 11.1 Å². The zero-order valence-electron chi connectivity index (χ0n) is 19.7. The van der Waals surface area contributed by atoms with E-state index in [-0.39, 0.29) is 36.8 Å². The molecule has 4 rings (SSSR count). The highest BCUT2D eigenvalue weighted by Gasteiger charge is 2.36. The number of nitrogens with one attached hydrogen (secondary N) is 1. The van der Waals surface area contributed by atoms with E-state index in [1.165, 1.54) is 0 Å². The standard InChI is InChI=1S/C27H32N2O5/c1-17(2)14-24(26(32)29-13-7-8-18(29)15-25(30)31)28-27(33)34-16-23-21-11-5-3-9-19(21)20-10-4-6-12-22(20)23/h3-6,9-12,17-18,23-24H,7-8,13-16H2,1-2H3,(H,28,33)(H,30,31)/t18?,24-/m1/s1. The second-order valence-corrected chi connectivity index (χ2v) is 9.58. The summed E-state index contributed by atoms with van der Waals surface area (Å²) < 4.78 is 5.64. The number of carboxylic acid groups (broad SMARTS) is 1. The number of ether oxygens (including phenoxy) is 1. The van der Waals surface area contributed by atoms with Gasteiger partial charge in [-0.3, -0.25) is 9.59 Å². The van der Waals surface area contributed by atoms with Gasteiger partial charge in [-0.1, -0.05) is 62.4 Å². The Morgan fingerprint density at radius 1 is 1.06 bits per heavy atom. The number of rotatable bonds is 8. The zero-order chi connectivity index (χ0) is 24.2. The number of fused-ring (bicyclic) bond motifs is 3. The summed E-state index contributed by atoms with van der Waals surface area (Å²) in [5, 5.41) is 12.0. The maximum Gasteiger partial charge on any atom is 0.407 e. The Morgan fingerprint density at radius 2 is 1.68 bits per heavy atom. The molecule has 0 bridgehead atoms. The largest absolute Gasteiger partial charge is 0.481 e. The summed E-state index contributed by atoms with van der Waals surface area (Å²) in [7, 11) is 0. The summed E-state index contributed by atoms with van der Waals surface area (Å²) in [6, 6.07) is 15.2. The molecule has 0 saturated carbocycles. The van der Waals surface area contributed by atoms with Gasteiger partial charge < -0.3 is 20.1 Å². The number of aliphatic carboxylic acids is 1. The van der Waals surface area contributed by atoms with Crippen molar-refractivity contribution in [3.05, 3.63) is 59.7 Å². The van der Waals surface area contributed by atoms with E-state index in [0.29, 0.717) is 19.4 Å². The number of carboxylic acids is 1. The number of likely N-dealkylation sites (tertiary alicyclic amines) is 1. The van der Waals surface area contributed by atoms with Crippen molar-refractivity contribution in [2.45, 2.75) is 57.5 Å². The summed E-state index contributed by atoms with van der Waals surface area (Å²) >= 11 is 0. The predicted octanol–water partition coefficient (Wildman–Crippen LogP) is 4.41. The third kappa shape index (κ3) is 5.08. The first-order valence-electron chi connectivity index (χ1n) is 12.0. The Kier molecular flexibility index (Phi) is 7.20. The smallest absolute Gasteiger partial charge is 0.407 e. The molecule has 1 saturated heterocycles. The first-order valence-corrected chi connectivity index (χ1v) is 12.0. The van der Waals surface area contributed by atoms with E-state index < -0.39 is 18.1 Å². The lowest BCUT2D eigenvalue weighted by Crippen LogP contribution is -2.51. The van der Waals surface area contributed by atoms with Crippen LogP contribution in [0.25, 0.3) is 11.1 Å². The molecule has 7 nitrogen and oxygen atoms in total. The van der Waals surface area contributed by atoms with Gasteiger partial charge in [0.05, 0.1) is 6.42 Å². The number of benzene rings is 2. The number of hydrogen-bond donors (Lipinski definition) is 2. The normalized spacial score (nSPS) is 17.9. The fraction of sp³-hybridized carbons (Fsp3) is 0.444. The van der Waals surface area contributed by atoms with E-state index in [0.717, 1.165) is 28.7 Å². The minimum atomic E-state index is -0.922. The van der Waals surface area contributed by atoms with Gasteiger partial charge in [-0.25, -0.2) is 4.79 Å². The van der Waals surface area contributed by atoms with Crippen molar-refractivity contribution >= 4 is 18.0 Å². The van der Waals surface area contributed by atoms with Crippen LogP contribution in [0, 0.1) is 5.92 Å². The Morgan fingerprint density at radius 3 is 2.26 bits per heavy atom. The molecule has 34 heavy (non-hydrogen) atoms. The summed E-state index contributed by atoms with van der Waals surface area (Å²) in [5.41, 5.74) is 4.55. The molecule has 0 spiro atoms. The van der Waals surface area contributed by atoms with Crippen LogP contribution in [0.4, 0.5) is 4.79 Å². The minimum Gasteiger partial charge on any atom is -0.481 e. The molecule has 2 amide bonds. The molecular formula is C27H32N2O5. The van der Waals surface area contributed by atoms with E-state index in [9.17, 15) is 19.5 Å². The van der Waals surface area contributed by atoms with Crippen LogP contribution in [0.1, 0.15) is 56.6 Å². The second-order valence-electron chi connectivity index (χ2n) is 9.58. The highest BCUT2D eigenvalue weighted by molar-refractivity contribution is 5.86. The Hall–Kier alpha value is -3.35. The van der Waals surface area contributed by atoms with Crippen molar-refractivity contribution in [2.24, 2.45) is 5.92 Å². The fourth-order valence-corrected chi connectivity index (χ4v) is 5.22. The Bertz CT molecular complexity index is 1020. The van der Waals surface area contributed by atoms with Crippen LogP contribution in [0.3, 0.4) is 0 Å². The predicted molar refractivity (Wildman–Crippen MR) is 128 cm³/mol. The number of hydrogen-bond acceptors (Lipinski definition) is 4. The van der Waals surface area contributed by atoms with Gasteiger partial charge in [0.1, 0.15) is 12.6 Å². The first kappa shape index (κ1) is 23.8. The summed E-state index contributed by atoms with van der Waals surface area (Å²) in [6.45, 7) is 4.66. The molecule has 1 aliphatic carbocycles. The summed E-state index contributed by atoms with van der Waals surface area (Å²) in [5.74, 6) is -1.04. The molecule has 1 heterocycles. The average Bonchev–Trinajstić information content (AvgIpc) is 3.38. The van der Waals surface area contributed by atoms with E-state index in [4.69, 9.17) is 4.74 Å². The van der Waals surface area contributed by atoms with Crippen LogP contribution in [-0.4, -0.2) is 53.2 Å². The molecule has 0 aromatic heterocycles. The van der Waals surface area contributed by atoms with E-state index in [2.05, 4.69) is 29.6 Å². The molecule has 1 fully saturated rings. The lowest BCUT2D eigenvalue weighted by molar-refractivity contribution is -0.140. The molecule has 7 heteroatoms. The fourth-order valence-electron chi connectivity index (χ4n) is 5.22. The number of carbonyl (C=O) groups excluding carboxylic acids is 2. The van der Waals surface area contributed by atoms with E-state index in [1.807, 2.05) is 38.1 Å². The highest BCUT2D eigenvalue weighted by Crippen LogP contribution is 2.44. The molecule has 2 aromatic rings. The van der Waals surface area contributed by atoms with E-state index in [1.54, 1.807) is 4.90 Å². The van der Waals surface area contributed by atoms with Crippen LogP contribution in [0.5, 0.6) is 0 Å². The Balaban J connectivity index is 1.43. The first-order chi connectivity index (χ1) is 16.3. The van der Waals surface area contributed by atoms with E-state index >= 15 is 0 Å². The molecular weight excluding hydrogens is 432 g/mol. The molecule has 2 aliphatic rings. The van der Waals surface area contributed by atoms with Gasteiger partial charge in [-0.05, 0) is 47.4 Å². The van der Waals surface area contributed by atoms with Crippen molar-refractivity contribution < 1.29 is 24.2 Å². The maximum absolute atomic E-state index is 13.3. The van der Waals surface area contributed by atoms with Crippen molar-refractivity contribution in [2.75, 3.05) is 13.2 Å². The highest BCUT2D eigenvalue weighted by atomic mass is 16.5. The summed E-state index contributed by atoms with van der Waals surface area (Å²) in [6.07, 6.45) is 1.18. The lowest BCUT2D eigenvalue weighted by atomic mass is 9.98. The second kappa shape index (κ2) is 10.3. The van der Waals surface area contributed by atoms with Crippen LogP contribution in [0.15, 0.2) is 48.5 Å². The van der Waals surface area contributed by atoms with Crippen LogP contribution in [-0.2, 0) is 14.3 Å². The van der Waals surface area contributed by atoms with Gasteiger partial charge in [0.15, 0.2) is 0 Å². The van der Waals surface area contributed by atoms with Crippen LogP contribution in [0.2, 0.25) is 0 Å². The number of nitrogens with zero attached hydrogens (tertiary/aromatic N) is 1. The van der Waals surface area contributed by atoms with Gasteiger partial charge in [0, 0.05) is 18.5 Å². The van der Waals surface area contributed by atoms with Gasteiger partial charge in [0.2, 0.25) is 5.91 Å². The van der Waals surface area contributed by atoms with Crippen molar-refractivity contribution in [1.29, 1.82) is 0 Å². The summed E-state index contributed by atoms with van der Waals surface area (Å²) in [4.78, 5) is 38.9. The molecule has 1 aliphatic heterocycles. The number of amides is 2. The van der Waals surface area contributed by atoms with Crippen LogP contribution >= 0.6 is 0 Å². The molecule has 2 atom stereocenters. The quantitative estimate of drug-likeness (QED) is 0.604. The molecule has 2 aromatic carbocycles. The van der Waals surface area contributed by atoms with Gasteiger partial charge >= 0.3 is 12.1 Å². The molecule has 2 N–H and O–H groups in total. The number of carbonyl (C=O) groups is 3. The van der Waals surface area contributed by atoms with Crippen molar-refractivity contribution in [3.63, 3.8) is 0 Å². The SMILES string of the molecule is CC(C)C[C@@H](NC(=O)OCC1c2ccccc2-c2ccccc21)C(=O)N1CCCC1CC(=O)O. The van der Waals surface area contributed by atoms with Crippen LogP contribution < -0.4 is 5.32 Å². The molecule has 1 unspecified atom stereocenters. The number of alkyl carbamates (subject to hydrolysis) is 1. The average molecular weight is 465 g/mol. The van der Waals surface area contributed by atoms with Gasteiger partial charge in [-0.2, -0.15) is 0 Å². The topological polar surface area (TPSA) is 95.9 Å². The zero-order valence-corrected chi connectivity index (χ0v) is 19.7. The maximum atomic E-state index is 13.3. The molecule has 180 valence electrons. The third-order valence-corrected chi connectivity index (χ3v) is 6.71. The van der Waals surface area contributed by atoms with Gasteiger partial charge in [-0.15, -0.1) is 0 Å². The van der Waals surface area contributed by atoms with Gasteiger partial charge in [0.25, 0.3) is 0 Å². The van der Waals surface area contributed by atoms with Crippen molar-refractivity contribution in [1.82, 2.24) is 10.2 Å². The lowest BCUT2D eigenvalue weighted by Gasteiger charge is -2.29. The monoisotopic (exact) mass is 464 g/mol. The molecule has 0 radical (unpaired) electrons.